The van der Waals surface area contributed by atoms with Crippen molar-refractivity contribution in [2.24, 2.45) is 5.92 Å². The van der Waals surface area contributed by atoms with Gasteiger partial charge in [0.15, 0.2) is 0 Å². The van der Waals surface area contributed by atoms with Gasteiger partial charge in [-0.15, -0.1) is 0 Å². The number of aromatic nitrogens is 2. The Kier molecular flexibility index (Phi) is 6.00. The molecule has 0 bridgehead atoms. The largest absolute Gasteiger partial charge is 0.353 e. The number of carbonyl (C=O) groups excluding carboxylic acids is 2. The summed E-state index contributed by atoms with van der Waals surface area (Å²) < 4.78 is 0. The molecule has 0 radical (unpaired) electrons. The molecule has 1 aromatic heterocycles. The first-order chi connectivity index (χ1) is 12.1. The summed E-state index contributed by atoms with van der Waals surface area (Å²) in [4.78, 5) is 33.3. The third-order valence-electron chi connectivity index (χ3n) is 5.38. The summed E-state index contributed by atoms with van der Waals surface area (Å²) in [5, 5.41) is 6.23. The molecule has 0 spiro atoms. The third-order valence-corrected chi connectivity index (χ3v) is 5.38. The standard InChI is InChI=1S/C19H28N4O2/c1-13-11-21-17(12-20-13)19(25)23-16-10-6-9-15(16)18(24)22-14-7-4-2-3-5-8-14/h11-12,14-16H,2-10H2,1H3,(H,22,24)(H,23,25)/t15-,16+/m0/s1. The first-order valence-corrected chi connectivity index (χ1v) is 9.53. The molecular formula is C19H28N4O2. The number of carbonyl (C=O) groups is 2. The monoisotopic (exact) mass is 344 g/mol. The molecule has 6 heteroatoms. The highest BCUT2D eigenvalue weighted by molar-refractivity contribution is 5.92. The third kappa shape index (κ3) is 4.77. The summed E-state index contributed by atoms with van der Waals surface area (Å²) in [6, 6.07) is 0.191. The average molecular weight is 344 g/mol. The van der Waals surface area contributed by atoms with Crippen LogP contribution in [0.4, 0.5) is 0 Å². The van der Waals surface area contributed by atoms with E-state index in [1.807, 2.05) is 6.92 Å². The molecule has 6 nitrogen and oxygen atoms in total. The lowest BCUT2D eigenvalue weighted by molar-refractivity contribution is -0.126. The molecule has 25 heavy (non-hydrogen) atoms. The SMILES string of the molecule is Cc1cnc(C(=O)N[C@@H]2CCC[C@@H]2C(=O)NC2CCCCCC2)cn1. The minimum atomic E-state index is -0.244. The Bertz CT molecular complexity index is 594. The minimum absolute atomic E-state index is 0.102. The first kappa shape index (κ1) is 17.8. The Morgan fingerprint density at radius 2 is 1.68 bits per heavy atom. The van der Waals surface area contributed by atoms with Crippen molar-refractivity contribution < 1.29 is 9.59 Å². The van der Waals surface area contributed by atoms with Crippen LogP contribution >= 0.6 is 0 Å². The Hall–Kier alpha value is -1.98. The molecule has 2 saturated carbocycles. The van der Waals surface area contributed by atoms with E-state index in [0.29, 0.717) is 11.7 Å². The fourth-order valence-electron chi connectivity index (χ4n) is 3.93. The van der Waals surface area contributed by atoms with Gasteiger partial charge in [0, 0.05) is 18.3 Å². The Balaban J connectivity index is 1.56. The number of hydrogen-bond acceptors (Lipinski definition) is 4. The molecule has 2 fully saturated rings. The molecule has 0 saturated heterocycles. The van der Waals surface area contributed by atoms with Gasteiger partial charge in [-0.1, -0.05) is 32.1 Å². The van der Waals surface area contributed by atoms with Crippen LogP contribution in [0.3, 0.4) is 0 Å². The van der Waals surface area contributed by atoms with E-state index in [1.165, 1.54) is 31.9 Å². The van der Waals surface area contributed by atoms with Gasteiger partial charge >= 0.3 is 0 Å². The summed E-state index contributed by atoms with van der Waals surface area (Å²) >= 11 is 0. The van der Waals surface area contributed by atoms with Crippen LogP contribution in [0, 0.1) is 12.8 Å². The number of nitrogens with zero attached hydrogens (tertiary/aromatic N) is 2. The van der Waals surface area contributed by atoms with Crippen LogP contribution in [0.5, 0.6) is 0 Å². The number of hydrogen-bond donors (Lipinski definition) is 2. The molecule has 0 aliphatic heterocycles. The first-order valence-electron chi connectivity index (χ1n) is 9.53. The highest BCUT2D eigenvalue weighted by atomic mass is 16.2. The van der Waals surface area contributed by atoms with Gasteiger partial charge in [-0.05, 0) is 32.6 Å². The van der Waals surface area contributed by atoms with Gasteiger partial charge in [0.1, 0.15) is 5.69 Å². The van der Waals surface area contributed by atoms with Crippen molar-refractivity contribution in [3.63, 3.8) is 0 Å². The van der Waals surface area contributed by atoms with E-state index < -0.39 is 0 Å². The Morgan fingerprint density at radius 1 is 0.920 bits per heavy atom. The minimum Gasteiger partial charge on any atom is -0.353 e. The highest BCUT2D eigenvalue weighted by Crippen LogP contribution is 2.27. The Morgan fingerprint density at radius 3 is 2.36 bits per heavy atom. The van der Waals surface area contributed by atoms with Crippen molar-refractivity contribution in [3.8, 4) is 0 Å². The zero-order valence-electron chi connectivity index (χ0n) is 15.0. The van der Waals surface area contributed by atoms with Crippen molar-refractivity contribution in [1.29, 1.82) is 0 Å². The molecule has 136 valence electrons. The molecule has 3 rings (SSSR count). The molecule has 2 N–H and O–H groups in total. The van der Waals surface area contributed by atoms with Crippen molar-refractivity contribution >= 4 is 11.8 Å². The van der Waals surface area contributed by atoms with Crippen LogP contribution in [0.25, 0.3) is 0 Å². The van der Waals surface area contributed by atoms with Crippen molar-refractivity contribution in [2.45, 2.75) is 76.8 Å². The van der Waals surface area contributed by atoms with E-state index in [2.05, 4.69) is 20.6 Å². The predicted octanol–water partition coefficient (Wildman–Crippen LogP) is 2.52. The van der Waals surface area contributed by atoms with Gasteiger partial charge in [-0.2, -0.15) is 0 Å². The zero-order valence-corrected chi connectivity index (χ0v) is 15.0. The van der Waals surface area contributed by atoms with Crippen LogP contribution in [-0.4, -0.2) is 33.9 Å². The van der Waals surface area contributed by atoms with Gasteiger partial charge in [0.05, 0.1) is 17.8 Å². The summed E-state index contributed by atoms with van der Waals surface area (Å²) in [6.45, 7) is 1.83. The predicted molar refractivity (Wildman–Crippen MR) is 95.0 cm³/mol. The summed E-state index contributed by atoms with van der Waals surface area (Å²) in [7, 11) is 0. The highest BCUT2D eigenvalue weighted by Gasteiger charge is 2.35. The molecule has 0 unspecified atom stereocenters. The number of rotatable bonds is 4. The fraction of sp³-hybridized carbons (Fsp3) is 0.684. The number of amides is 2. The Labute approximate surface area is 149 Å². The van der Waals surface area contributed by atoms with Crippen molar-refractivity contribution in [3.05, 3.63) is 23.8 Å². The molecule has 1 heterocycles. The molecule has 2 aliphatic carbocycles. The smallest absolute Gasteiger partial charge is 0.271 e. The van der Waals surface area contributed by atoms with Gasteiger partial charge < -0.3 is 10.6 Å². The van der Waals surface area contributed by atoms with Gasteiger partial charge in [0.25, 0.3) is 5.91 Å². The van der Waals surface area contributed by atoms with E-state index in [-0.39, 0.29) is 23.8 Å². The average Bonchev–Trinajstić information content (AvgIpc) is 2.91. The molecule has 0 aromatic carbocycles. The van der Waals surface area contributed by atoms with E-state index >= 15 is 0 Å². The summed E-state index contributed by atoms with van der Waals surface area (Å²) in [5.74, 6) is -0.276. The van der Waals surface area contributed by atoms with Crippen LogP contribution in [0.15, 0.2) is 12.4 Å². The zero-order chi connectivity index (χ0) is 17.6. The van der Waals surface area contributed by atoms with E-state index in [9.17, 15) is 9.59 Å². The second kappa shape index (κ2) is 8.41. The van der Waals surface area contributed by atoms with E-state index in [1.54, 1.807) is 6.20 Å². The summed E-state index contributed by atoms with van der Waals surface area (Å²) in [6.07, 6.45) is 12.8. The maximum atomic E-state index is 12.7. The maximum absolute atomic E-state index is 12.7. The fourth-order valence-corrected chi connectivity index (χ4v) is 3.93. The number of nitrogens with one attached hydrogen (secondary N) is 2. The molecule has 2 atom stereocenters. The van der Waals surface area contributed by atoms with Gasteiger partial charge in [-0.3, -0.25) is 14.6 Å². The van der Waals surface area contributed by atoms with Crippen LogP contribution in [0.2, 0.25) is 0 Å². The van der Waals surface area contributed by atoms with E-state index in [0.717, 1.165) is 37.8 Å². The van der Waals surface area contributed by atoms with Crippen LogP contribution < -0.4 is 10.6 Å². The molecule has 2 aliphatic rings. The lowest BCUT2D eigenvalue weighted by atomic mass is 10.0. The normalized spacial score (nSPS) is 24.5. The maximum Gasteiger partial charge on any atom is 0.271 e. The number of aryl methyl sites for hydroxylation is 1. The van der Waals surface area contributed by atoms with Crippen LogP contribution in [0.1, 0.15) is 74.0 Å². The molecule has 1 aromatic rings. The lowest BCUT2D eigenvalue weighted by Gasteiger charge is -2.23. The molecule has 2 amide bonds. The second-order valence-corrected chi connectivity index (χ2v) is 7.36. The topological polar surface area (TPSA) is 84.0 Å². The van der Waals surface area contributed by atoms with Crippen molar-refractivity contribution in [1.82, 2.24) is 20.6 Å². The van der Waals surface area contributed by atoms with Gasteiger partial charge in [-0.25, -0.2) is 4.98 Å². The van der Waals surface area contributed by atoms with Crippen LogP contribution in [-0.2, 0) is 4.79 Å². The summed E-state index contributed by atoms with van der Waals surface area (Å²) in [5.41, 5.74) is 1.08. The van der Waals surface area contributed by atoms with Gasteiger partial charge in [0.2, 0.25) is 5.91 Å². The van der Waals surface area contributed by atoms with Crippen molar-refractivity contribution in [2.75, 3.05) is 0 Å². The lowest BCUT2D eigenvalue weighted by Crippen LogP contribution is -2.46. The van der Waals surface area contributed by atoms with E-state index in [4.69, 9.17) is 0 Å². The quantitative estimate of drug-likeness (QED) is 0.822. The second-order valence-electron chi connectivity index (χ2n) is 7.36. The molecular weight excluding hydrogens is 316 g/mol.